The van der Waals surface area contributed by atoms with Crippen molar-refractivity contribution in [2.75, 3.05) is 0 Å². The first-order valence-corrected chi connectivity index (χ1v) is 4.76. The van der Waals surface area contributed by atoms with Crippen LogP contribution in [0.15, 0.2) is 29.2 Å². The number of amides is 1. The first-order valence-electron chi connectivity index (χ1n) is 3.27. The third-order valence-electron chi connectivity index (χ3n) is 1.65. The monoisotopic (exact) mass is 189 g/mol. The Kier molecular flexibility index (Phi) is 1.26. The molecule has 0 aliphatic carbocycles. The topological polar surface area (TPSA) is 63.2 Å². The highest BCUT2D eigenvalue weighted by Gasteiger charge is 2.31. The number of sulfonamides is 1. The van der Waals surface area contributed by atoms with E-state index in [0.29, 0.717) is 0 Å². The Morgan fingerprint density at radius 3 is 2.50 bits per heavy atom. The molecule has 1 heterocycles. The van der Waals surface area contributed by atoms with Crippen molar-refractivity contribution in [3.05, 3.63) is 29.8 Å². The maximum atomic E-state index is 11.1. The predicted octanol–water partition coefficient (Wildman–Crippen LogP) is 0.119. The van der Waals surface area contributed by atoms with Gasteiger partial charge in [-0.2, -0.15) is 0 Å². The second kappa shape index (κ2) is 2.07. The molecule has 1 aliphatic heterocycles. The Labute approximate surface area is 69.3 Å². The van der Waals surface area contributed by atoms with E-state index >= 15 is 0 Å². The van der Waals surface area contributed by atoms with Crippen molar-refractivity contribution in [2.24, 2.45) is 0 Å². The number of rotatable bonds is 0. The molecule has 62 valence electrons. The molecule has 1 aromatic carbocycles. The molecule has 2 rings (SSSR count). The molecular weight excluding hydrogens is 184 g/mol. The lowest BCUT2D eigenvalue weighted by molar-refractivity contribution is 0.0985. The summed E-state index contributed by atoms with van der Waals surface area (Å²) in [6.07, 6.45) is 0. The smallest absolute Gasteiger partial charge is 0.266 e. The summed E-state index contributed by atoms with van der Waals surface area (Å²) in [5.41, 5.74) is 0.220. The molecule has 4 nitrogen and oxygen atoms in total. The van der Waals surface area contributed by atoms with E-state index < -0.39 is 15.9 Å². The second-order valence-corrected chi connectivity index (χ2v) is 4.08. The van der Waals surface area contributed by atoms with Crippen LogP contribution >= 0.6 is 0 Å². The van der Waals surface area contributed by atoms with Crippen molar-refractivity contribution in [3.8, 4) is 0 Å². The van der Waals surface area contributed by atoms with Gasteiger partial charge in [0, 0.05) is 0 Å². The van der Waals surface area contributed by atoms with Gasteiger partial charge < -0.3 is 0 Å². The fraction of sp³-hybridized carbons (Fsp3) is 0. The Balaban J connectivity index is 2.83. The van der Waals surface area contributed by atoms with Crippen LogP contribution in [-0.2, 0) is 10.0 Å². The van der Waals surface area contributed by atoms with E-state index in [0.717, 1.165) is 0 Å². The molecule has 0 spiro atoms. The first-order chi connectivity index (χ1) is 5.61. The van der Waals surface area contributed by atoms with E-state index in [1.165, 1.54) is 12.1 Å². The zero-order valence-electron chi connectivity index (χ0n) is 5.94. The van der Waals surface area contributed by atoms with E-state index in [2.05, 4.69) is 0 Å². The fourth-order valence-electron chi connectivity index (χ4n) is 1.12. The lowest BCUT2D eigenvalue weighted by Crippen LogP contribution is -2.20. The normalized spacial score (nSPS) is 18.5. The standard InChI is InChI=1S/C7H5NO3S/c9-7-5-3-1-2-4-6(5)12(10,11)8-7/h1-4H,(H,8,9)/i1+1,2+1,3+1,4+1,5+1,6+1. The molecule has 1 aliphatic rings. The Morgan fingerprint density at radius 1 is 1.17 bits per heavy atom. The molecule has 0 radical (unpaired) electrons. The van der Waals surface area contributed by atoms with Crippen LogP contribution in [0.3, 0.4) is 0 Å². The molecule has 0 saturated heterocycles. The highest BCUT2D eigenvalue weighted by Crippen LogP contribution is 2.20. The van der Waals surface area contributed by atoms with Crippen LogP contribution in [0.2, 0.25) is 0 Å². The zero-order chi connectivity index (χ0) is 8.77. The van der Waals surface area contributed by atoms with Gasteiger partial charge in [0.05, 0.1) is 5.56 Å². The van der Waals surface area contributed by atoms with E-state index in [4.69, 9.17) is 0 Å². The zero-order valence-corrected chi connectivity index (χ0v) is 6.76. The summed E-state index contributed by atoms with van der Waals surface area (Å²) in [6, 6.07) is 6.09. The minimum absolute atomic E-state index is 0.0648. The van der Waals surface area contributed by atoms with Crippen LogP contribution in [0.4, 0.5) is 0 Å². The first kappa shape index (κ1) is 7.30. The summed E-state index contributed by atoms with van der Waals surface area (Å²) >= 11 is 0. The van der Waals surface area contributed by atoms with Crippen LogP contribution in [-0.4, -0.2) is 14.3 Å². The van der Waals surface area contributed by atoms with Gasteiger partial charge in [0.1, 0.15) is 4.90 Å². The maximum absolute atomic E-state index is 11.1. The molecule has 0 bridgehead atoms. The number of hydrogen-bond acceptors (Lipinski definition) is 3. The maximum Gasteiger partial charge on any atom is 0.266 e. The predicted molar refractivity (Wildman–Crippen MR) is 41.1 cm³/mol. The van der Waals surface area contributed by atoms with Gasteiger partial charge in [-0.05, 0) is 12.1 Å². The minimum atomic E-state index is -3.55. The Hall–Kier alpha value is -1.36. The number of nitrogens with one attached hydrogen (secondary N) is 1. The van der Waals surface area contributed by atoms with Gasteiger partial charge in [-0.3, -0.25) is 4.79 Å². The van der Waals surface area contributed by atoms with Gasteiger partial charge in [0.2, 0.25) is 0 Å². The molecule has 1 aromatic rings. The van der Waals surface area contributed by atoms with Crippen LogP contribution < -0.4 is 4.72 Å². The van der Waals surface area contributed by atoms with Crippen molar-refractivity contribution in [3.63, 3.8) is 0 Å². The van der Waals surface area contributed by atoms with Gasteiger partial charge in [-0.25, -0.2) is 13.1 Å². The minimum Gasteiger partial charge on any atom is -0.268 e. The highest BCUT2D eigenvalue weighted by molar-refractivity contribution is 7.90. The number of carbonyl (C=O) groups is 1. The van der Waals surface area contributed by atoms with Crippen LogP contribution in [0.25, 0.3) is 0 Å². The molecule has 1 amide bonds. The number of carbonyl (C=O) groups excluding carboxylic acids is 1. The SMILES string of the molecule is O=C1NS(=O)(=O)[13c]2[13cH][13cH][13cH][13cH][13c]21. The summed E-state index contributed by atoms with van der Waals surface area (Å²) in [5, 5.41) is 0. The summed E-state index contributed by atoms with van der Waals surface area (Å²) in [5.74, 6) is -0.550. The summed E-state index contributed by atoms with van der Waals surface area (Å²) < 4.78 is 24.2. The van der Waals surface area contributed by atoms with Crippen molar-refractivity contribution >= 4 is 15.9 Å². The third kappa shape index (κ3) is 0.831. The number of benzene rings is 1. The number of hydrogen-bond donors (Lipinski definition) is 1. The van der Waals surface area contributed by atoms with Gasteiger partial charge in [-0.1, -0.05) is 12.1 Å². The number of fused-ring (bicyclic) bond motifs is 1. The molecule has 0 aromatic heterocycles. The summed E-state index contributed by atoms with van der Waals surface area (Å²) in [4.78, 5) is 11.1. The van der Waals surface area contributed by atoms with Gasteiger partial charge in [-0.15, -0.1) is 0 Å². The molecule has 0 atom stereocenters. The lowest BCUT2D eigenvalue weighted by atomic mass is 10.9. The van der Waals surface area contributed by atoms with Crippen molar-refractivity contribution in [2.45, 2.75) is 4.90 Å². The average Bonchev–Trinajstić information content (AvgIpc) is 2.25. The lowest BCUT2D eigenvalue weighted by Gasteiger charge is -1.91. The molecule has 12 heavy (non-hydrogen) atoms. The molecular formula is C7H5NO3S. The van der Waals surface area contributed by atoms with E-state index in [9.17, 15) is 13.2 Å². The van der Waals surface area contributed by atoms with Gasteiger partial charge >= 0.3 is 0 Å². The second-order valence-electron chi connectivity index (χ2n) is 2.43. The highest BCUT2D eigenvalue weighted by atomic mass is 32.2. The molecule has 0 fully saturated rings. The summed E-state index contributed by atoms with van der Waals surface area (Å²) in [7, 11) is -3.55. The fourth-order valence-corrected chi connectivity index (χ4v) is 2.29. The molecule has 5 heteroatoms. The van der Waals surface area contributed by atoms with Crippen LogP contribution in [0, 0.1) is 0 Å². The molecule has 0 saturated carbocycles. The quantitative estimate of drug-likeness (QED) is 0.630. The van der Waals surface area contributed by atoms with Crippen molar-refractivity contribution in [1.29, 1.82) is 0 Å². The summed E-state index contributed by atoms with van der Waals surface area (Å²) in [6.45, 7) is 0. The van der Waals surface area contributed by atoms with E-state index in [1.807, 2.05) is 4.72 Å². The van der Waals surface area contributed by atoms with Crippen molar-refractivity contribution in [1.82, 2.24) is 4.72 Å². The average molecular weight is 189 g/mol. The Morgan fingerprint density at radius 2 is 1.83 bits per heavy atom. The largest absolute Gasteiger partial charge is 0.268 e. The van der Waals surface area contributed by atoms with Gasteiger partial charge in [0.15, 0.2) is 0 Å². The van der Waals surface area contributed by atoms with Crippen LogP contribution in [0.1, 0.15) is 10.4 Å². The van der Waals surface area contributed by atoms with Gasteiger partial charge in [0.25, 0.3) is 15.9 Å². The Bertz CT molecular complexity index is 449. The molecule has 0 unspecified atom stereocenters. The van der Waals surface area contributed by atoms with E-state index in [-0.39, 0.29) is 10.5 Å². The van der Waals surface area contributed by atoms with Crippen molar-refractivity contribution < 1.29 is 13.2 Å². The third-order valence-corrected chi connectivity index (χ3v) is 3.04. The van der Waals surface area contributed by atoms with E-state index in [1.54, 1.807) is 12.1 Å². The molecule has 1 N–H and O–H groups in total. The van der Waals surface area contributed by atoms with Crippen LogP contribution in [0.5, 0.6) is 0 Å².